The fourth-order valence-corrected chi connectivity index (χ4v) is 9.60. The Morgan fingerprint density at radius 1 is 0.409 bits per heavy atom. The van der Waals surface area contributed by atoms with Crippen LogP contribution in [-0.4, -0.2) is 64.9 Å². The molecule has 0 aromatic heterocycles. The van der Waals surface area contributed by atoms with Gasteiger partial charge in [-0.15, -0.1) is 0 Å². The first-order chi connectivity index (χ1) is 19.3. The van der Waals surface area contributed by atoms with Crippen LogP contribution < -0.4 is 10.6 Å². The van der Waals surface area contributed by atoms with Crippen molar-refractivity contribution in [3.05, 3.63) is 0 Å². The second-order valence-corrected chi connectivity index (χ2v) is 20.4. The molecule has 0 unspecified atom stereocenters. The Morgan fingerprint density at radius 2 is 0.682 bits per heavy atom. The number of hydrogen-bond acceptors (Lipinski definition) is 6. The molecule has 4 fully saturated rings. The molecule has 0 aromatic carbocycles. The summed E-state index contributed by atoms with van der Waals surface area (Å²) >= 11 is 0. The van der Waals surface area contributed by atoms with Crippen LogP contribution in [0.1, 0.15) is 189 Å². The molecule has 4 heterocycles. The van der Waals surface area contributed by atoms with Gasteiger partial charge in [-0.1, -0.05) is 13.8 Å². The van der Waals surface area contributed by atoms with Gasteiger partial charge in [-0.3, -0.25) is 0 Å². The monoisotopic (exact) mass is 625 g/mol. The highest BCUT2D eigenvalue weighted by molar-refractivity contribution is 4.97. The average molecular weight is 625 g/mol. The zero-order chi connectivity index (χ0) is 34.8. The molecule has 0 radical (unpaired) electrons. The first-order valence-corrected chi connectivity index (χ1v) is 17.9. The Labute approximate surface area is 275 Å². The second kappa shape index (κ2) is 14.5. The third-order valence-electron chi connectivity index (χ3n) is 10.2. The van der Waals surface area contributed by atoms with E-state index in [1.165, 1.54) is 48.7 Å². The Balaban J connectivity index is 0.000000294. The van der Waals surface area contributed by atoms with Crippen LogP contribution in [0, 0.1) is 11.8 Å². The summed E-state index contributed by atoms with van der Waals surface area (Å²) < 4.78 is 0. The quantitative estimate of drug-likeness (QED) is 0.215. The van der Waals surface area contributed by atoms with Crippen molar-refractivity contribution in [3.63, 3.8) is 0 Å². The molecule has 4 aliphatic rings. The number of piperidine rings is 4. The van der Waals surface area contributed by atoms with Crippen LogP contribution >= 0.6 is 0 Å². The van der Waals surface area contributed by atoms with E-state index < -0.39 is 0 Å². The van der Waals surface area contributed by atoms with Crippen LogP contribution in [0.15, 0.2) is 0 Å². The zero-order valence-electron chi connectivity index (χ0n) is 33.0. The summed E-state index contributed by atoms with van der Waals surface area (Å²) in [4.78, 5) is 0. The number of nitrogens with one attached hydrogen (secondary N) is 2. The lowest BCUT2D eigenvalue weighted by molar-refractivity contribution is -0.249. The number of rotatable bonds is 0. The molecule has 0 aliphatic carbocycles. The lowest BCUT2D eigenvalue weighted by Crippen LogP contribution is -2.58. The van der Waals surface area contributed by atoms with Gasteiger partial charge in [0, 0.05) is 44.3 Å². The minimum atomic E-state index is -0.0683. The minimum absolute atomic E-state index is 0.0399. The molecule has 0 spiro atoms. The van der Waals surface area contributed by atoms with Crippen LogP contribution in [-0.2, 0) is 0 Å². The van der Waals surface area contributed by atoms with Gasteiger partial charge in [-0.25, -0.2) is 0 Å². The molecular weight excluding hydrogens is 544 g/mol. The van der Waals surface area contributed by atoms with Crippen molar-refractivity contribution >= 4 is 0 Å². The Morgan fingerprint density at radius 3 is 0.955 bits per heavy atom. The predicted octanol–water partition coefficient (Wildman–Crippen LogP) is 9.96. The third-order valence-corrected chi connectivity index (χ3v) is 10.2. The van der Waals surface area contributed by atoms with E-state index in [1.807, 2.05) is 0 Å². The maximum atomic E-state index is 9.92. The largest absolute Gasteiger partial charge is 0.313 e. The number of nitrogens with zero attached hydrogens (tertiary/aromatic N) is 2. The van der Waals surface area contributed by atoms with E-state index in [-0.39, 0.29) is 22.2 Å². The predicted molar refractivity (Wildman–Crippen MR) is 191 cm³/mol. The third kappa shape index (κ3) is 13.5. The molecule has 4 saturated heterocycles. The van der Waals surface area contributed by atoms with Gasteiger partial charge in [-0.05, 0) is 187 Å². The molecule has 4 rings (SSSR count). The molecule has 0 saturated carbocycles. The molecule has 0 amide bonds. The van der Waals surface area contributed by atoms with Crippen LogP contribution in [0.3, 0.4) is 0 Å². The summed E-state index contributed by atoms with van der Waals surface area (Å²) in [5, 5.41) is 30.1. The molecule has 0 atom stereocenters. The van der Waals surface area contributed by atoms with Gasteiger partial charge in [-0.2, -0.15) is 10.1 Å². The van der Waals surface area contributed by atoms with Crippen molar-refractivity contribution in [3.8, 4) is 0 Å². The van der Waals surface area contributed by atoms with E-state index in [0.29, 0.717) is 28.1 Å². The molecule has 0 bridgehead atoms. The fraction of sp³-hybridized carbons (Fsp3) is 1.00. The molecule has 0 aromatic rings. The summed E-state index contributed by atoms with van der Waals surface area (Å²) in [6.07, 6.45) is 12.2. The van der Waals surface area contributed by atoms with E-state index >= 15 is 0 Å². The molecule has 4 aliphatic heterocycles. The zero-order valence-corrected chi connectivity index (χ0v) is 33.0. The molecule has 44 heavy (non-hydrogen) atoms. The van der Waals surface area contributed by atoms with Crippen LogP contribution in [0.25, 0.3) is 0 Å². The summed E-state index contributed by atoms with van der Waals surface area (Å²) in [5.74, 6) is 1.57. The van der Waals surface area contributed by atoms with E-state index in [4.69, 9.17) is 0 Å². The van der Waals surface area contributed by atoms with Crippen LogP contribution in [0.4, 0.5) is 0 Å². The van der Waals surface area contributed by atoms with Crippen molar-refractivity contribution in [2.24, 2.45) is 11.8 Å². The highest BCUT2D eigenvalue weighted by Crippen LogP contribution is 2.39. The van der Waals surface area contributed by atoms with Gasteiger partial charge in [0.15, 0.2) is 0 Å². The van der Waals surface area contributed by atoms with E-state index in [2.05, 4.69) is 135 Å². The van der Waals surface area contributed by atoms with Crippen molar-refractivity contribution in [2.45, 2.75) is 233 Å². The SMILES string of the molecule is CC1(C)CCCC(C)(C)N1.CC1(C)CCCC(C)(C)N1O.CC1CC(C)(C)N(O)C(C)(C)C1.CC1CC(C)(C)NC(C)(C)C1. The van der Waals surface area contributed by atoms with Gasteiger partial charge in [0.1, 0.15) is 0 Å². The van der Waals surface area contributed by atoms with Gasteiger partial charge < -0.3 is 21.0 Å². The lowest BCUT2D eigenvalue weighted by Gasteiger charge is -2.50. The van der Waals surface area contributed by atoms with Gasteiger partial charge in [0.2, 0.25) is 0 Å². The van der Waals surface area contributed by atoms with Gasteiger partial charge in [0.05, 0.1) is 0 Å². The summed E-state index contributed by atoms with van der Waals surface area (Å²) in [6, 6.07) is 0. The minimum Gasteiger partial charge on any atom is -0.313 e. The average Bonchev–Trinajstić information content (AvgIpc) is 2.72. The van der Waals surface area contributed by atoms with E-state index in [1.54, 1.807) is 0 Å². The van der Waals surface area contributed by atoms with E-state index in [9.17, 15) is 10.4 Å². The first kappa shape index (κ1) is 41.8. The van der Waals surface area contributed by atoms with Gasteiger partial charge >= 0.3 is 0 Å². The smallest absolute Gasteiger partial charge is 0.0413 e. The van der Waals surface area contributed by atoms with Crippen LogP contribution in [0.5, 0.6) is 0 Å². The maximum Gasteiger partial charge on any atom is 0.0413 e. The standard InChI is InChI=1S/C10H21NO.C10H21N.C9H19NO.C9H19N/c1-8-6-9(2,3)11(12)10(4,5)7-8;1-8-6-9(2,3)11-10(4,5)7-8;1-8(2)6-5-7-9(3,4)10(8)11;1-8(2)6-5-7-9(3,4)10-8/h8,12H,6-7H2,1-5H3;8,11H,6-7H2,1-5H3;11H,5-7H2,1-4H3;10H,5-7H2,1-4H3. The van der Waals surface area contributed by atoms with Crippen molar-refractivity contribution < 1.29 is 10.4 Å². The first-order valence-electron chi connectivity index (χ1n) is 17.9. The Hall–Kier alpha value is -0.240. The fourth-order valence-electron chi connectivity index (χ4n) is 9.60. The lowest BCUT2D eigenvalue weighted by atomic mass is 9.76. The summed E-state index contributed by atoms with van der Waals surface area (Å²) in [6.45, 7) is 39.7. The Bertz CT molecular complexity index is 823. The van der Waals surface area contributed by atoms with Crippen molar-refractivity contribution in [2.75, 3.05) is 0 Å². The molecule has 6 heteroatoms. The molecular formula is C38H80N4O2. The van der Waals surface area contributed by atoms with Crippen molar-refractivity contribution in [1.82, 2.24) is 20.8 Å². The summed E-state index contributed by atoms with van der Waals surface area (Å²) in [7, 11) is 0. The number of hydrogen-bond donors (Lipinski definition) is 4. The normalized spacial score (nSPS) is 30.3. The van der Waals surface area contributed by atoms with E-state index in [0.717, 1.165) is 31.6 Å². The maximum absolute atomic E-state index is 9.92. The highest BCUT2D eigenvalue weighted by Gasteiger charge is 2.43. The second-order valence-electron chi connectivity index (χ2n) is 20.4. The summed E-state index contributed by atoms with van der Waals surface area (Å²) in [5.41, 5.74) is 1.18. The highest BCUT2D eigenvalue weighted by atomic mass is 16.5. The van der Waals surface area contributed by atoms with Crippen LogP contribution in [0.2, 0.25) is 0 Å². The molecule has 4 N–H and O–H groups in total. The molecule has 264 valence electrons. The van der Waals surface area contributed by atoms with Gasteiger partial charge in [0.25, 0.3) is 0 Å². The number of hydroxylamine groups is 4. The topological polar surface area (TPSA) is 71.0 Å². The van der Waals surface area contributed by atoms with Crippen molar-refractivity contribution in [1.29, 1.82) is 0 Å². The Kier molecular flexibility index (Phi) is 13.8. The molecule has 6 nitrogen and oxygen atoms in total.